The smallest absolute Gasteiger partial charge is 0.258 e. The van der Waals surface area contributed by atoms with Crippen molar-refractivity contribution in [2.45, 2.75) is 44.6 Å². The third-order valence-electron chi connectivity index (χ3n) is 4.76. The summed E-state index contributed by atoms with van der Waals surface area (Å²) >= 11 is 0. The Morgan fingerprint density at radius 2 is 1.87 bits per heavy atom. The molecule has 0 spiro atoms. The number of ether oxygens (including phenoxy) is 1. The van der Waals surface area contributed by atoms with E-state index in [0.29, 0.717) is 11.9 Å². The van der Waals surface area contributed by atoms with Crippen LogP contribution in [0.2, 0.25) is 0 Å². The van der Waals surface area contributed by atoms with Crippen LogP contribution < -0.4 is 10.1 Å². The van der Waals surface area contributed by atoms with Crippen molar-refractivity contribution in [2.75, 3.05) is 6.26 Å². The van der Waals surface area contributed by atoms with E-state index in [9.17, 15) is 22.0 Å². The maximum Gasteiger partial charge on any atom is 0.258 e. The van der Waals surface area contributed by atoms with Crippen LogP contribution in [0, 0.1) is 11.6 Å². The molecule has 1 aromatic heterocycles. The fourth-order valence-corrected chi connectivity index (χ4v) is 3.81. The second-order valence-electron chi connectivity index (χ2n) is 7.56. The van der Waals surface area contributed by atoms with Crippen molar-refractivity contribution in [1.29, 1.82) is 0 Å². The number of nitrogens with one attached hydrogen (secondary N) is 1. The van der Waals surface area contributed by atoms with E-state index in [-0.39, 0.29) is 23.1 Å². The molecule has 7 nitrogen and oxygen atoms in total. The molecule has 1 aliphatic carbocycles. The van der Waals surface area contributed by atoms with Gasteiger partial charge >= 0.3 is 0 Å². The van der Waals surface area contributed by atoms with Gasteiger partial charge in [-0.25, -0.2) is 22.2 Å². The second kappa shape index (κ2) is 9.51. The summed E-state index contributed by atoms with van der Waals surface area (Å²) in [4.78, 5) is 21.4. The molecule has 10 heteroatoms. The third kappa shape index (κ3) is 6.55. The summed E-state index contributed by atoms with van der Waals surface area (Å²) in [5, 5.41) is 3.60. The number of halogens is 2. The minimum absolute atomic E-state index is 0.0361. The number of sulfone groups is 1. The molecule has 166 valence electrons. The SMILES string of the molecule is CC(/C=C/S(C)(=O)=O)NC(=O)c1cnc(C2CCCC2)nc1Oc1cc(F)cc(F)c1. The molecule has 3 rings (SSSR count). The van der Waals surface area contributed by atoms with Crippen LogP contribution in [0.15, 0.2) is 35.9 Å². The number of rotatable bonds is 7. The van der Waals surface area contributed by atoms with Gasteiger partial charge in [0.25, 0.3) is 5.91 Å². The number of carbonyl (C=O) groups is 1. The van der Waals surface area contributed by atoms with Crippen molar-refractivity contribution >= 4 is 15.7 Å². The maximum absolute atomic E-state index is 13.6. The lowest BCUT2D eigenvalue weighted by molar-refractivity contribution is 0.0943. The highest BCUT2D eigenvalue weighted by atomic mass is 32.2. The van der Waals surface area contributed by atoms with E-state index in [1.165, 1.54) is 12.3 Å². The van der Waals surface area contributed by atoms with Crippen molar-refractivity contribution in [3.05, 3.63) is 58.9 Å². The zero-order chi connectivity index (χ0) is 22.6. The van der Waals surface area contributed by atoms with Crippen LogP contribution in [-0.2, 0) is 9.84 Å². The fraction of sp³-hybridized carbons (Fsp3) is 0.381. The standard InChI is InChI=1S/C21H23F2N3O4S/c1-13(7-8-31(2,28)29)25-20(27)18-12-24-19(14-5-3-4-6-14)26-21(18)30-17-10-15(22)9-16(23)11-17/h7-14H,3-6H2,1-2H3,(H,25,27)/b8-7+. The lowest BCUT2D eigenvalue weighted by Crippen LogP contribution is -2.31. The predicted octanol–water partition coefficient (Wildman–Crippen LogP) is 3.88. The molecule has 2 aromatic rings. The lowest BCUT2D eigenvalue weighted by atomic mass is 10.1. The molecule has 0 aliphatic heterocycles. The Bertz CT molecular complexity index is 1080. The molecular formula is C21H23F2N3O4S. The minimum Gasteiger partial charge on any atom is -0.438 e. The van der Waals surface area contributed by atoms with Crippen molar-refractivity contribution in [1.82, 2.24) is 15.3 Å². The molecule has 31 heavy (non-hydrogen) atoms. The maximum atomic E-state index is 13.6. The van der Waals surface area contributed by atoms with Crippen LogP contribution in [0.3, 0.4) is 0 Å². The Kier molecular flexibility index (Phi) is 6.99. The van der Waals surface area contributed by atoms with Gasteiger partial charge in [0.05, 0.1) is 0 Å². The van der Waals surface area contributed by atoms with E-state index in [4.69, 9.17) is 4.74 Å². The average Bonchev–Trinajstić information content (AvgIpc) is 3.19. The van der Waals surface area contributed by atoms with Crippen LogP contribution in [0.1, 0.15) is 54.7 Å². The molecule has 1 atom stereocenters. The summed E-state index contributed by atoms with van der Waals surface area (Å²) in [6, 6.07) is 2.07. The van der Waals surface area contributed by atoms with E-state index >= 15 is 0 Å². The Labute approximate surface area is 179 Å². The molecule has 0 bridgehead atoms. The van der Waals surface area contributed by atoms with Crippen molar-refractivity contribution in [2.24, 2.45) is 0 Å². The van der Waals surface area contributed by atoms with Gasteiger partial charge in [-0.1, -0.05) is 18.9 Å². The minimum atomic E-state index is -3.34. The highest BCUT2D eigenvalue weighted by Crippen LogP contribution is 2.34. The molecule has 1 N–H and O–H groups in total. The molecule has 0 radical (unpaired) electrons. The summed E-state index contributed by atoms with van der Waals surface area (Å²) in [6.45, 7) is 1.59. The molecule has 1 unspecified atom stereocenters. The van der Waals surface area contributed by atoms with E-state index in [2.05, 4.69) is 15.3 Å². The molecule has 1 heterocycles. The van der Waals surface area contributed by atoms with Crippen LogP contribution >= 0.6 is 0 Å². The Hall–Kier alpha value is -2.88. The summed E-state index contributed by atoms with van der Waals surface area (Å²) in [5.41, 5.74) is -0.0361. The molecular weight excluding hydrogens is 428 g/mol. The van der Waals surface area contributed by atoms with Gasteiger partial charge in [-0.3, -0.25) is 4.79 Å². The van der Waals surface area contributed by atoms with E-state index in [1.54, 1.807) is 6.92 Å². The molecule has 1 aromatic carbocycles. The largest absolute Gasteiger partial charge is 0.438 e. The van der Waals surface area contributed by atoms with Gasteiger partial charge in [0.1, 0.15) is 28.8 Å². The Balaban J connectivity index is 1.90. The first-order chi connectivity index (χ1) is 14.6. The number of amides is 1. The van der Waals surface area contributed by atoms with E-state index < -0.39 is 33.4 Å². The first-order valence-corrected chi connectivity index (χ1v) is 11.8. The van der Waals surface area contributed by atoms with Gasteiger partial charge in [-0.15, -0.1) is 0 Å². The molecule has 1 amide bonds. The van der Waals surface area contributed by atoms with Gasteiger partial charge in [-0.2, -0.15) is 4.98 Å². The average molecular weight is 451 g/mol. The summed E-state index contributed by atoms with van der Waals surface area (Å²) < 4.78 is 55.3. The zero-order valence-corrected chi connectivity index (χ0v) is 18.0. The number of hydrogen-bond donors (Lipinski definition) is 1. The molecule has 0 saturated heterocycles. The van der Waals surface area contributed by atoms with Crippen molar-refractivity contribution in [3.63, 3.8) is 0 Å². The topological polar surface area (TPSA) is 98.2 Å². The molecule has 1 aliphatic rings. The first kappa shape index (κ1) is 22.8. The number of carbonyl (C=O) groups excluding carboxylic acids is 1. The predicted molar refractivity (Wildman–Crippen MR) is 111 cm³/mol. The van der Waals surface area contributed by atoms with Crippen LogP contribution in [-0.4, -0.2) is 36.6 Å². The highest BCUT2D eigenvalue weighted by molar-refractivity contribution is 7.93. The van der Waals surface area contributed by atoms with Gasteiger partial charge in [0.2, 0.25) is 5.88 Å². The fourth-order valence-electron chi connectivity index (χ4n) is 3.29. The normalized spacial score (nSPS) is 15.9. The summed E-state index contributed by atoms with van der Waals surface area (Å²) in [7, 11) is -3.34. The monoisotopic (exact) mass is 451 g/mol. The summed E-state index contributed by atoms with van der Waals surface area (Å²) in [6.07, 6.45) is 7.59. The van der Waals surface area contributed by atoms with E-state index in [0.717, 1.165) is 49.5 Å². The van der Waals surface area contributed by atoms with Crippen molar-refractivity contribution in [3.8, 4) is 11.6 Å². The number of hydrogen-bond acceptors (Lipinski definition) is 6. The Morgan fingerprint density at radius 3 is 2.48 bits per heavy atom. The van der Waals surface area contributed by atoms with Crippen LogP contribution in [0.4, 0.5) is 8.78 Å². The number of aromatic nitrogens is 2. The summed E-state index contributed by atoms with van der Waals surface area (Å²) in [5.74, 6) is -1.91. The number of benzene rings is 1. The Morgan fingerprint density at radius 1 is 1.23 bits per heavy atom. The lowest BCUT2D eigenvalue weighted by Gasteiger charge is -2.15. The second-order valence-corrected chi connectivity index (χ2v) is 9.49. The van der Waals surface area contributed by atoms with E-state index in [1.807, 2.05) is 0 Å². The molecule has 1 fully saturated rings. The van der Waals surface area contributed by atoms with Gasteiger partial charge < -0.3 is 10.1 Å². The van der Waals surface area contributed by atoms with Gasteiger partial charge in [0, 0.05) is 48.0 Å². The van der Waals surface area contributed by atoms with Crippen molar-refractivity contribution < 1.29 is 26.7 Å². The zero-order valence-electron chi connectivity index (χ0n) is 17.1. The highest BCUT2D eigenvalue weighted by Gasteiger charge is 2.24. The third-order valence-corrected chi connectivity index (χ3v) is 5.41. The van der Waals surface area contributed by atoms with Gasteiger partial charge in [-0.05, 0) is 19.8 Å². The first-order valence-electron chi connectivity index (χ1n) is 9.81. The van der Waals surface area contributed by atoms with Crippen LogP contribution in [0.5, 0.6) is 11.6 Å². The number of nitrogens with zero attached hydrogens (tertiary/aromatic N) is 2. The van der Waals surface area contributed by atoms with Gasteiger partial charge in [0.15, 0.2) is 9.84 Å². The quantitative estimate of drug-likeness (QED) is 0.686. The molecule has 1 saturated carbocycles. The van der Waals surface area contributed by atoms with Crippen LogP contribution in [0.25, 0.3) is 0 Å².